The maximum atomic E-state index is 7.42. The summed E-state index contributed by atoms with van der Waals surface area (Å²) in [5.74, 6) is 0. The van der Waals surface area contributed by atoms with Crippen molar-refractivity contribution >= 4 is 17.0 Å². The van der Waals surface area contributed by atoms with Crippen LogP contribution in [0.25, 0.3) is 5.57 Å². The molecule has 2 heteroatoms. The van der Waals surface area contributed by atoms with Gasteiger partial charge in [0.05, 0.1) is 5.71 Å². The molecule has 0 saturated heterocycles. The average Bonchev–Trinajstić information content (AvgIpc) is 2.26. The molecule has 1 aromatic carbocycles. The van der Waals surface area contributed by atoms with E-state index in [0.717, 1.165) is 11.3 Å². The second-order valence-corrected chi connectivity index (χ2v) is 4.02. The Kier molecular flexibility index (Phi) is 4.18. The van der Waals surface area contributed by atoms with Crippen molar-refractivity contribution in [1.82, 2.24) is 0 Å². The monoisotopic (exact) mass is 214 g/mol. The van der Waals surface area contributed by atoms with Gasteiger partial charge in [-0.3, -0.25) is 4.99 Å². The van der Waals surface area contributed by atoms with Gasteiger partial charge in [0.25, 0.3) is 0 Å². The number of hydrogen-bond donors (Lipinski definition) is 1. The molecule has 0 aliphatic carbocycles. The molecule has 0 fully saturated rings. The summed E-state index contributed by atoms with van der Waals surface area (Å²) >= 11 is 0. The van der Waals surface area contributed by atoms with Gasteiger partial charge < -0.3 is 5.41 Å². The van der Waals surface area contributed by atoms with E-state index in [0.29, 0.717) is 5.71 Å². The van der Waals surface area contributed by atoms with Crippen molar-refractivity contribution in [3.63, 3.8) is 0 Å². The van der Waals surface area contributed by atoms with E-state index in [1.807, 2.05) is 20.0 Å². The van der Waals surface area contributed by atoms with Gasteiger partial charge in [-0.05, 0) is 38.8 Å². The Hall–Kier alpha value is -1.70. The highest BCUT2D eigenvalue weighted by Crippen LogP contribution is 2.14. The molecule has 0 saturated carbocycles. The first-order valence-corrected chi connectivity index (χ1v) is 5.34. The molecule has 0 atom stereocenters. The fourth-order valence-corrected chi connectivity index (χ4v) is 1.18. The lowest BCUT2D eigenvalue weighted by Gasteiger charge is -2.01. The number of hydrogen-bond acceptors (Lipinski definition) is 2. The Labute approximate surface area is 97.2 Å². The fraction of sp³-hybridized carbons (Fsp3) is 0.286. The van der Waals surface area contributed by atoms with Crippen molar-refractivity contribution in [2.75, 3.05) is 0 Å². The van der Waals surface area contributed by atoms with Crippen LogP contribution >= 0.6 is 0 Å². The highest BCUT2D eigenvalue weighted by molar-refractivity contribution is 6.39. The summed E-state index contributed by atoms with van der Waals surface area (Å²) in [7, 11) is 0. The number of nitrogens with zero attached hydrogens (tertiary/aromatic N) is 1. The Bertz CT molecular complexity index is 436. The lowest BCUT2D eigenvalue weighted by molar-refractivity contribution is 1.42. The molecule has 1 aromatic rings. The molecule has 84 valence electrons. The summed E-state index contributed by atoms with van der Waals surface area (Å²) in [6.45, 7) is 7.69. The first kappa shape index (κ1) is 12.4. The molecule has 0 unspecified atom stereocenters. The molecule has 0 spiro atoms. The van der Waals surface area contributed by atoms with E-state index < -0.39 is 0 Å². The minimum atomic E-state index is 0.507. The van der Waals surface area contributed by atoms with E-state index >= 15 is 0 Å². The van der Waals surface area contributed by atoms with Crippen LogP contribution in [-0.2, 0) is 0 Å². The third kappa shape index (κ3) is 3.46. The minimum Gasteiger partial charge on any atom is -0.304 e. The van der Waals surface area contributed by atoms with Crippen molar-refractivity contribution in [1.29, 1.82) is 5.41 Å². The van der Waals surface area contributed by atoms with Gasteiger partial charge in [-0.25, -0.2) is 0 Å². The SMILES string of the molecule is CC(=N)C(C)=N/C=C(\C)c1ccc(C)cc1. The van der Waals surface area contributed by atoms with Crippen molar-refractivity contribution in [2.24, 2.45) is 4.99 Å². The van der Waals surface area contributed by atoms with Crippen LogP contribution < -0.4 is 0 Å². The standard InChI is InChI=1S/C14H18N2/c1-10-5-7-14(8-6-10)11(2)9-16-13(4)12(3)15/h5-9,15H,1-4H3/b11-9+,15-12?,16-13?. The van der Waals surface area contributed by atoms with Gasteiger partial charge in [-0.1, -0.05) is 29.8 Å². The smallest absolute Gasteiger partial charge is 0.0577 e. The van der Waals surface area contributed by atoms with Gasteiger partial charge in [-0.15, -0.1) is 0 Å². The second-order valence-electron chi connectivity index (χ2n) is 4.02. The van der Waals surface area contributed by atoms with E-state index in [1.165, 1.54) is 11.1 Å². The molecular formula is C14H18N2. The normalized spacial score (nSPS) is 12.8. The molecular weight excluding hydrogens is 196 g/mol. The van der Waals surface area contributed by atoms with E-state index in [4.69, 9.17) is 5.41 Å². The van der Waals surface area contributed by atoms with Crippen LogP contribution in [0.2, 0.25) is 0 Å². The predicted octanol–water partition coefficient (Wildman–Crippen LogP) is 3.86. The third-order valence-corrected chi connectivity index (χ3v) is 2.50. The van der Waals surface area contributed by atoms with E-state index in [1.54, 1.807) is 6.92 Å². The zero-order valence-corrected chi connectivity index (χ0v) is 10.3. The molecule has 0 radical (unpaired) electrons. The second kappa shape index (κ2) is 5.40. The van der Waals surface area contributed by atoms with Crippen molar-refractivity contribution in [3.05, 3.63) is 41.6 Å². The lowest BCUT2D eigenvalue weighted by Crippen LogP contribution is -2.01. The topological polar surface area (TPSA) is 36.2 Å². The highest BCUT2D eigenvalue weighted by atomic mass is 14.7. The maximum Gasteiger partial charge on any atom is 0.0577 e. The van der Waals surface area contributed by atoms with Crippen LogP contribution in [0.5, 0.6) is 0 Å². The summed E-state index contributed by atoms with van der Waals surface area (Å²) < 4.78 is 0. The van der Waals surface area contributed by atoms with Gasteiger partial charge in [0.15, 0.2) is 0 Å². The molecule has 2 nitrogen and oxygen atoms in total. The number of aliphatic imine (C=N–C) groups is 1. The highest BCUT2D eigenvalue weighted by Gasteiger charge is 1.95. The average molecular weight is 214 g/mol. The van der Waals surface area contributed by atoms with Crippen LogP contribution in [0.15, 0.2) is 35.5 Å². The summed E-state index contributed by atoms with van der Waals surface area (Å²) in [5, 5.41) is 7.42. The van der Waals surface area contributed by atoms with Crippen LogP contribution in [-0.4, -0.2) is 11.4 Å². The minimum absolute atomic E-state index is 0.507. The maximum absolute atomic E-state index is 7.42. The Morgan fingerprint density at radius 2 is 1.69 bits per heavy atom. The molecule has 0 bridgehead atoms. The molecule has 0 aliphatic rings. The van der Waals surface area contributed by atoms with Crippen molar-refractivity contribution < 1.29 is 0 Å². The fourth-order valence-electron chi connectivity index (χ4n) is 1.18. The van der Waals surface area contributed by atoms with Gasteiger partial charge >= 0.3 is 0 Å². The van der Waals surface area contributed by atoms with Crippen LogP contribution in [0.1, 0.15) is 31.9 Å². The molecule has 0 amide bonds. The van der Waals surface area contributed by atoms with Crippen molar-refractivity contribution in [2.45, 2.75) is 27.7 Å². The molecule has 16 heavy (non-hydrogen) atoms. The number of nitrogens with one attached hydrogen (secondary N) is 1. The van der Waals surface area contributed by atoms with Crippen molar-refractivity contribution in [3.8, 4) is 0 Å². The number of aryl methyl sites for hydroxylation is 1. The zero-order valence-electron chi connectivity index (χ0n) is 10.3. The van der Waals surface area contributed by atoms with Gasteiger partial charge in [0, 0.05) is 11.9 Å². The summed E-state index contributed by atoms with van der Waals surface area (Å²) in [6.07, 6.45) is 1.82. The molecule has 1 rings (SSSR count). The Balaban J connectivity index is 2.90. The molecule has 1 N–H and O–H groups in total. The molecule has 0 aromatic heterocycles. The van der Waals surface area contributed by atoms with Gasteiger partial charge in [0.1, 0.15) is 0 Å². The first-order valence-electron chi connectivity index (χ1n) is 5.34. The summed E-state index contributed by atoms with van der Waals surface area (Å²) in [4.78, 5) is 4.25. The lowest BCUT2D eigenvalue weighted by atomic mass is 10.1. The van der Waals surface area contributed by atoms with E-state index in [9.17, 15) is 0 Å². The Morgan fingerprint density at radius 1 is 1.12 bits per heavy atom. The number of benzene rings is 1. The van der Waals surface area contributed by atoms with Gasteiger partial charge in [-0.2, -0.15) is 0 Å². The summed E-state index contributed by atoms with van der Waals surface area (Å²) in [6, 6.07) is 8.35. The Morgan fingerprint density at radius 3 is 2.19 bits per heavy atom. The van der Waals surface area contributed by atoms with E-state index in [2.05, 4.69) is 36.2 Å². The zero-order chi connectivity index (χ0) is 12.1. The van der Waals surface area contributed by atoms with Crippen LogP contribution in [0, 0.1) is 12.3 Å². The number of allylic oxidation sites excluding steroid dienone is 1. The summed E-state index contributed by atoms with van der Waals surface area (Å²) in [5.41, 5.74) is 4.80. The largest absolute Gasteiger partial charge is 0.304 e. The van der Waals surface area contributed by atoms with Gasteiger partial charge in [0.2, 0.25) is 0 Å². The van der Waals surface area contributed by atoms with Crippen LogP contribution in [0.3, 0.4) is 0 Å². The molecule has 0 aliphatic heterocycles. The third-order valence-electron chi connectivity index (χ3n) is 2.50. The predicted molar refractivity (Wildman–Crippen MR) is 71.3 cm³/mol. The van der Waals surface area contributed by atoms with Crippen LogP contribution in [0.4, 0.5) is 0 Å². The quantitative estimate of drug-likeness (QED) is 0.742. The first-order chi connectivity index (χ1) is 7.50. The number of rotatable bonds is 3. The molecule has 0 heterocycles. The van der Waals surface area contributed by atoms with E-state index in [-0.39, 0.29) is 0 Å².